The smallest absolute Gasteiger partial charge is 0.251 e. The van der Waals surface area contributed by atoms with E-state index in [0.717, 1.165) is 23.1 Å². The summed E-state index contributed by atoms with van der Waals surface area (Å²) in [6, 6.07) is 5.30. The molecule has 1 unspecified atom stereocenters. The van der Waals surface area contributed by atoms with Crippen molar-refractivity contribution in [3.05, 3.63) is 28.2 Å². The number of rotatable bonds is 6. The highest BCUT2D eigenvalue weighted by molar-refractivity contribution is 9.10. The van der Waals surface area contributed by atoms with Crippen molar-refractivity contribution < 1.29 is 9.53 Å². The van der Waals surface area contributed by atoms with Crippen molar-refractivity contribution in [3.8, 4) is 5.75 Å². The minimum Gasteiger partial charge on any atom is -0.496 e. The van der Waals surface area contributed by atoms with Gasteiger partial charge in [0.1, 0.15) is 5.75 Å². The molecule has 0 aliphatic rings. The Labute approximate surface area is 125 Å². The summed E-state index contributed by atoms with van der Waals surface area (Å²) in [5, 5.41) is 2.90. The van der Waals surface area contributed by atoms with E-state index < -0.39 is 0 Å². The highest BCUT2D eigenvalue weighted by atomic mass is 79.9. The number of alkyl halides is 1. The molecular weight excluding hydrogens is 362 g/mol. The number of nitrogens with one attached hydrogen (secondary N) is 1. The second-order valence-electron chi connectivity index (χ2n) is 4.03. The van der Waals surface area contributed by atoms with Gasteiger partial charge in [-0.1, -0.05) is 22.9 Å². The van der Waals surface area contributed by atoms with Crippen LogP contribution in [0.25, 0.3) is 0 Å². The van der Waals surface area contributed by atoms with Crippen LogP contribution in [0.2, 0.25) is 0 Å². The van der Waals surface area contributed by atoms with Crippen molar-refractivity contribution >= 4 is 37.8 Å². The van der Waals surface area contributed by atoms with Gasteiger partial charge in [0, 0.05) is 16.9 Å². The highest BCUT2D eigenvalue weighted by Crippen LogP contribution is 2.25. The lowest BCUT2D eigenvalue weighted by Gasteiger charge is -2.08. The highest BCUT2D eigenvalue weighted by Gasteiger charge is 2.08. The molecule has 18 heavy (non-hydrogen) atoms. The molecule has 1 aromatic carbocycles. The Morgan fingerprint density at radius 2 is 2.22 bits per heavy atom. The predicted octanol–water partition coefficient (Wildman–Crippen LogP) is 3.75. The Morgan fingerprint density at radius 3 is 2.78 bits per heavy atom. The predicted molar refractivity (Wildman–Crippen MR) is 80.7 cm³/mol. The van der Waals surface area contributed by atoms with Gasteiger partial charge in [-0.25, -0.2) is 0 Å². The normalized spacial score (nSPS) is 12.0. The zero-order chi connectivity index (χ0) is 13.5. The first-order chi connectivity index (χ1) is 8.54. The first kappa shape index (κ1) is 15.5. The van der Waals surface area contributed by atoms with Crippen molar-refractivity contribution in [2.24, 2.45) is 0 Å². The van der Waals surface area contributed by atoms with Gasteiger partial charge < -0.3 is 10.1 Å². The van der Waals surface area contributed by atoms with E-state index in [1.54, 1.807) is 25.3 Å². The molecule has 0 heterocycles. The van der Waals surface area contributed by atoms with Crippen molar-refractivity contribution in [1.82, 2.24) is 5.32 Å². The summed E-state index contributed by atoms with van der Waals surface area (Å²) in [4.78, 5) is 12.3. The van der Waals surface area contributed by atoms with Crippen LogP contribution in [-0.4, -0.2) is 24.4 Å². The standard InChI is InChI=1S/C13H17Br2NO2/c1-9(14)4-3-7-16-13(17)10-5-6-12(18-2)11(15)8-10/h5-6,8-9H,3-4,7H2,1-2H3,(H,16,17). The minimum absolute atomic E-state index is 0.0550. The maximum atomic E-state index is 11.9. The quantitative estimate of drug-likeness (QED) is 0.604. The Hall–Kier alpha value is -0.550. The molecule has 0 fully saturated rings. The maximum absolute atomic E-state index is 11.9. The zero-order valence-electron chi connectivity index (χ0n) is 10.5. The van der Waals surface area contributed by atoms with Crippen LogP contribution >= 0.6 is 31.9 Å². The third-order valence-electron chi connectivity index (χ3n) is 2.48. The Balaban J connectivity index is 2.49. The number of ether oxygens (including phenoxy) is 1. The number of amides is 1. The van der Waals surface area contributed by atoms with Crippen LogP contribution in [0.5, 0.6) is 5.75 Å². The fourth-order valence-corrected chi connectivity index (χ4v) is 2.36. The third kappa shape index (κ3) is 4.98. The van der Waals surface area contributed by atoms with Gasteiger partial charge in [0.05, 0.1) is 11.6 Å². The summed E-state index contributed by atoms with van der Waals surface area (Å²) in [7, 11) is 1.60. The van der Waals surface area contributed by atoms with E-state index in [1.165, 1.54) is 0 Å². The molecule has 0 radical (unpaired) electrons. The average Bonchev–Trinajstić information content (AvgIpc) is 2.34. The number of halogens is 2. The van der Waals surface area contributed by atoms with Crippen LogP contribution in [0.3, 0.4) is 0 Å². The molecular formula is C13H17Br2NO2. The molecule has 1 atom stereocenters. The van der Waals surface area contributed by atoms with Crippen molar-refractivity contribution in [1.29, 1.82) is 0 Å². The molecule has 5 heteroatoms. The van der Waals surface area contributed by atoms with Gasteiger partial charge in [-0.05, 0) is 47.0 Å². The molecule has 1 aromatic rings. The summed E-state index contributed by atoms with van der Waals surface area (Å²) in [5.41, 5.74) is 0.634. The van der Waals surface area contributed by atoms with E-state index in [1.807, 2.05) is 0 Å². The van der Waals surface area contributed by atoms with E-state index in [0.29, 0.717) is 16.9 Å². The van der Waals surface area contributed by atoms with Gasteiger partial charge in [0.2, 0.25) is 0 Å². The molecule has 0 spiro atoms. The summed E-state index contributed by atoms with van der Waals surface area (Å²) in [6.45, 7) is 2.79. The second kappa shape index (κ2) is 7.79. The lowest BCUT2D eigenvalue weighted by atomic mass is 10.2. The van der Waals surface area contributed by atoms with Gasteiger partial charge in [0.15, 0.2) is 0 Å². The molecule has 0 saturated carbocycles. The van der Waals surface area contributed by atoms with Gasteiger partial charge in [-0.2, -0.15) is 0 Å². The Morgan fingerprint density at radius 1 is 1.50 bits per heavy atom. The summed E-state index contributed by atoms with van der Waals surface area (Å²) in [5.74, 6) is 0.667. The van der Waals surface area contributed by atoms with Crippen LogP contribution in [0.1, 0.15) is 30.1 Å². The third-order valence-corrected chi connectivity index (χ3v) is 3.56. The fourth-order valence-electron chi connectivity index (χ4n) is 1.49. The van der Waals surface area contributed by atoms with E-state index in [9.17, 15) is 4.79 Å². The molecule has 1 amide bonds. The molecule has 0 aliphatic carbocycles. The molecule has 0 aliphatic heterocycles. The van der Waals surface area contributed by atoms with Gasteiger partial charge in [0.25, 0.3) is 5.91 Å². The molecule has 0 saturated heterocycles. The molecule has 0 aromatic heterocycles. The summed E-state index contributed by atoms with van der Waals surface area (Å²) in [6.07, 6.45) is 2.02. The number of carbonyl (C=O) groups excluding carboxylic acids is 1. The van der Waals surface area contributed by atoms with Crippen LogP contribution < -0.4 is 10.1 Å². The first-order valence-electron chi connectivity index (χ1n) is 5.80. The number of hydrogen-bond acceptors (Lipinski definition) is 2. The number of carbonyl (C=O) groups is 1. The van der Waals surface area contributed by atoms with E-state index >= 15 is 0 Å². The number of hydrogen-bond donors (Lipinski definition) is 1. The van der Waals surface area contributed by atoms with Crippen molar-refractivity contribution in [2.75, 3.05) is 13.7 Å². The van der Waals surface area contributed by atoms with Crippen LogP contribution in [0.15, 0.2) is 22.7 Å². The van der Waals surface area contributed by atoms with Gasteiger partial charge in [-0.3, -0.25) is 4.79 Å². The summed E-state index contributed by atoms with van der Waals surface area (Å²) >= 11 is 6.84. The van der Waals surface area contributed by atoms with E-state index in [2.05, 4.69) is 44.1 Å². The lowest BCUT2D eigenvalue weighted by molar-refractivity contribution is 0.0953. The van der Waals surface area contributed by atoms with E-state index in [4.69, 9.17) is 4.74 Å². The number of benzene rings is 1. The van der Waals surface area contributed by atoms with Crippen LogP contribution in [-0.2, 0) is 0 Å². The maximum Gasteiger partial charge on any atom is 0.251 e. The van der Waals surface area contributed by atoms with Crippen LogP contribution in [0.4, 0.5) is 0 Å². The number of methoxy groups -OCH3 is 1. The first-order valence-corrected chi connectivity index (χ1v) is 7.51. The largest absolute Gasteiger partial charge is 0.496 e. The van der Waals surface area contributed by atoms with E-state index in [-0.39, 0.29) is 5.91 Å². The Kier molecular flexibility index (Phi) is 6.71. The minimum atomic E-state index is -0.0550. The lowest BCUT2D eigenvalue weighted by Crippen LogP contribution is -2.24. The van der Waals surface area contributed by atoms with Gasteiger partial charge >= 0.3 is 0 Å². The molecule has 100 valence electrons. The summed E-state index contributed by atoms with van der Waals surface area (Å²) < 4.78 is 5.90. The molecule has 1 N–H and O–H groups in total. The average molecular weight is 379 g/mol. The SMILES string of the molecule is COc1ccc(C(=O)NCCCC(C)Br)cc1Br. The van der Waals surface area contributed by atoms with Crippen LogP contribution in [0, 0.1) is 0 Å². The Bertz CT molecular complexity index is 408. The fraction of sp³-hybridized carbons (Fsp3) is 0.462. The second-order valence-corrected chi connectivity index (χ2v) is 6.45. The molecule has 3 nitrogen and oxygen atoms in total. The monoisotopic (exact) mass is 377 g/mol. The topological polar surface area (TPSA) is 38.3 Å². The molecule has 1 rings (SSSR count). The zero-order valence-corrected chi connectivity index (χ0v) is 13.7. The van der Waals surface area contributed by atoms with Gasteiger partial charge in [-0.15, -0.1) is 0 Å². The van der Waals surface area contributed by atoms with Crippen molar-refractivity contribution in [3.63, 3.8) is 0 Å². The van der Waals surface area contributed by atoms with Crippen molar-refractivity contribution in [2.45, 2.75) is 24.6 Å². The molecule has 0 bridgehead atoms.